The maximum Gasteiger partial charge on any atom is 0.322 e. The number of para-hydroxylation sites is 1. The van der Waals surface area contributed by atoms with Crippen LogP contribution in [0.4, 0.5) is 4.39 Å². The lowest BCUT2D eigenvalue weighted by Crippen LogP contribution is -2.14. The van der Waals surface area contributed by atoms with Gasteiger partial charge in [0.2, 0.25) is 5.56 Å². The third-order valence-corrected chi connectivity index (χ3v) is 5.08. The minimum absolute atomic E-state index is 0.0526. The van der Waals surface area contributed by atoms with Gasteiger partial charge in [-0.15, -0.1) is 0 Å². The van der Waals surface area contributed by atoms with Gasteiger partial charge in [0.05, 0.1) is 5.69 Å². The predicted molar refractivity (Wildman–Crippen MR) is 120 cm³/mol. The second kappa shape index (κ2) is 9.09. The Labute approximate surface area is 185 Å². The van der Waals surface area contributed by atoms with Crippen molar-refractivity contribution in [2.45, 2.75) is 26.7 Å². The lowest BCUT2D eigenvalue weighted by molar-refractivity contribution is 0.406. The molecule has 0 N–H and O–H groups in total. The van der Waals surface area contributed by atoms with Gasteiger partial charge in [-0.25, -0.2) is 4.39 Å². The number of ether oxygens (including phenoxy) is 1. The molecule has 162 valence electrons. The van der Waals surface area contributed by atoms with Crippen LogP contribution in [0, 0.1) is 19.7 Å². The summed E-state index contributed by atoms with van der Waals surface area (Å²) in [6.07, 6.45) is 2.99. The minimum Gasteiger partial charge on any atom is -0.421 e. The van der Waals surface area contributed by atoms with Crippen molar-refractivity contribution in [2.75, 3.05) is 0 Å². The zero-order valence-electron chi connectivity index (χ0n) is 18.2. The van der Waals surface area contributed by atoms with Gasteiger partial charge in [0, 0.05) is 42.0 Å². The van der Waals surface area contributed by atoms with E-state index in [1.54, 1.807) is 38.4 Å². The van der Waals surface area contributed by atoms with Crippen molar-refractivity contribution in [3.63, 3.8) is 0 Å². The Morgan fingerprint density at radius 1 is 0.938 bits per heavy atom. The molecule has 3 aromatic heterocycles. The average Bonchev–Trinajstić information content (AvgIpc) is 2.77. The van der Waals surface area contributed by atoms with E-state index >= 15 is 0 Å². The Morgan fingerprint density at radius 3 is 2.47 bits per heavy atom. The Balaban J connectivity index is 1.72. The fourth-order valence-electron chi connectivity index (χ4n) is 3.37. The number of halogens is 1. The molecule has 6 nitrogen and oxygen atoms in total. The van der Waals surface area contributed by atoms with Gasteiger partial charge >= 0.3 is 6.01 Å². The van der Waals surface area contributed by atoms with Crippen LogP contribution in [0.5, 0.6) is 11.8 Å². The van der Waals surface area contributed by atoms with E-state index in [1.807, 2.05) is 31.2 Å². The monoisotopic (exact) mass is 430 g/mol. The summed E-state index contributed by atoms with van der Waals surface area (Å²) in [5.74, 6) is -0.386. The second-order valence-electron chi connectivity index (χ2n) is 7.65. The minimum atomic E-state index is -0.480. The van der Waals surface area contributed by atoms with E-state index in [2.05, 4.69) is 15.0 Å². The average molecular weight is 430 g/mol. The van der Waals surface area contributed by atoms with E-state index < -0.39 is 5.82 Å². The number of hydrogen-bond donors (Lipinski definition) is 0. The van der Waals surface area contributed by atoms with Crippen LogP contribution in [0.25, 0.3) is 11.3 Å². The molecule has 0 fully saturated rings. The molecular weight excluding hydrogens is 407 g/mol. The first-order valence-electron chi connectivity index (χ1n) is 10.3. The van der Waals surface area contributed by atoms with Crippen LogP contribution in [0.3, 0.4) is 0 Å². The molecule has 0 aliphatic heterocycles. The van der Waals surface area contributed by atoms with E-state index in [9.17, 15) is 9.18 Å². The standard InChI is InChI=1S/C25H23FN4O2/c1-16-6-4-9-21(26)24(16)32-25-28-20(12-11-19-8-5-7-17(2)27-19)14-22(29-25)18-10-13-23(31)30(3)15-18/h4-10,13-15H,11-12H2,1-3H3. The van der Waals surface area contributed by atoms with Crippen molar-refractivity contribution >= 4 is 0 Å². The van der Waals surface area contributed by atoms with Crippen molar-refractivity contribution in [1.29, 1.82) is 0 Å². The Kier molecular flexibility index (Phi) is 6.07. The molecule has 0 saturated carbocycles. The summed E-state index contributed by atoms with van der Waals surface area (Å²) in [6, 6.07) is 15.7. The van der Waals surface area contributed by atoms with Crippen molar-refractivity contribution in [3.8, 4) is 23.0 Å². The predicted octanol–water partition coefficient (Wildman–Crippen LogP) is 4.57. The smallest absolute Gasteiger partial charge is 0.322 e. The Morgan fingerprint density at radius 2 is 1.72 bits per heavy atom. The molecular formula is C25H23FN4O2. The molecule has 0 radical (unpaired) electrons. The summed E-state index contributed by atoms with van der Waals surface area (Å²) < 4.78 is 21.6. The molecule has 0 unspecified atom stereocenters. The zero-order valence-corrected chi connectivity index (χ0v) is 18.2. The van der Waals surface area contributed by atoms with Crippen molar-refractivity contribution in [3.05, 3.63) is 99.6 Å². The molecule has 0 atom stereocenters. The van der Waals surface area contributed by atoms with Gasteiger partial charge in [0.15, 0.2) is 11.6 Å². The highest BCUT2D eigenvalue weighted by molar-refractivity contribution is 5.58. The molecule has 0 aliphatic carbocycles. The highest BCUT2D eigenvalue weighted by Gasteiger charge is 2.14. The summed E-state index contributed by atoms with van der Waals surface area (Å²) in [5.41, 5.74) is 4.50. The molecule has 32 heavy (non-hydrogen) atoms. The van der Waals surface area contributed by atoms with Crippen LogP contribution in [0.1, 0.15) is 22.6 Å². The van der Waals surface area contributed by atoms with Gasteiger partial charge in [-0.2, -0.15) is 9.97 Å². The Bertz CT molecular complexity index is 1310. The summed E-state index contributed by atoms with van der Waals surface area (Å²) in [5, 5.41) is 0. The number of nitrogens with zero attached hydrogens (tertiary/aromatic N) is 4. The van der Waals surface area contributed by atoms with Crippen molar-refractivity contribution in [1.82, 2.24) is 19.5 Å². The van der Waals surface area contributed by atoms with E-state index in [1.165, 1.54) is 16.7 Å². The number of hydrogen-bond acceptors (Lipinski definition) is 5. The van der Waals surface area contributed by atoms with E-state index in [-0.39, 0.29) is 17.3 Å². The molecule has 3 heterocycles. The third-order valence-electron chi connectivity index (χ3n) is 5.08. The van der Waals surface area contributed by atoms with Crippen molar-refractivity contribution in [2.24, 2.45) is 7.05 Å². The van der Waals surface area contributed by atoms with Crippen molar-refractivity contribution < 1.29 is 9.13 Å². The summed E-state index contributed by atoms with van der Waals surface area (Å²) in [4.78, 5) is 25.3. The summed E-state index contributed by atoms with van der Waals surface area (Å²) in [7, 11) is 1.68. The van der Waals surface area contributed by atoms with Crippen LogP contribution < -0.4 is 10.3 Å². The lowest BCUT2D eigenvalue weighted by atomic mass is 10.1. The quantitative estimate of drug-likeness (QED) is 0.448. The lowest BCUT2D eigenvalue weighted by Gasteiger charge is -2.12. The molecule has 0 aliphatic rings. The first-order chi connectivity index (χ1) is 15.4. The SMILES string of the molecule is Cc1cccc(CCc2cc(-c3ccc(=O)n(C)c3)nc(Oc3c(C)cccc3F)n2)n1. The summed E-state index contributed by atoms with van der Waals surface area (Å²) in [6.45, 7) is 3.72. The highest BCUT2D eigenvalue weighted by atomic mass is 19.1. The van der Waals surface area contributed by atoms with Crippen LogP contribution in [0.2, 0.25) is 0 Å². The molecule has 0 bridgehead atoms. The number of pyridine rings is 2. The largest absolute Gasteiger partial charge is 0.421 e. The maximum absolute atomic E-state index is 14.3. The van der Waals surface area contributed by atoms with Gasteiger partial charge < -0.3 is 9.30 Å². The fraction of sp³-hybridized carbons (Fsp3) is 0.200. The van der Waals surface area contributed by atoms with E-state index in [4.69, 9.17) is 4.74 Å². The molecule has 0 amide bonds. The van der Waals surface area contributed by atoms with E-state index in [0.29, 0.717) is 24.1 Å². The first-order valence-corrected chi connectivity index (χ1v) is 10.3. The van der Waals surface area contributed by atoms with Gasteiger partial charge in [0.1, 0.15) is 0 Å². The molecule has 4 rings (SSSR count). The normalized spacial score (nSPS) is 10.9. The first kappa shape index (κ1) is 21.4. The van der Waals surface area contributed by atoms with E-state index in [0.717, 1.165) is 22.6 Å². The van der Waals surface area contributed by atoms with Crippen LogP contribution in [-0.4, -0.2) is 19.5 Å². The van der Waals surface area contributed by atoms with Crippen LogP contribution in [0.15, 0.2) is 65.6 Å². The molecule has 0 saturated heterocycles. The number of benzene rings is 1. The van der Waals surface area contributed by atoms with Gasteiger partial charge in [-0.05, 0) is 62.6 Å². The number of aromatic nitrogens is 4. The maximum atomic E-state index is 14.3. The summed E-state index contributed by atoms with van der Waals surface area (Å²) >= 11 is 0. The fourth-order valence-corrected chi connectivity index (χ4v) is 3.37. The Hall–Kier alpha value is -3.87. The molecule has 7 heteroatoms. The topological polar surface area (TPSA) is 69.9 Å². The van der Waals surface area contributed by atoms with Gasteiger partial charge in [-0.1, -0.05) is 18.2 Å². The van der Waals surface area contributed by atoms with Crippen LogP contribution >= 0.6 is 0 Å². The van der Waals surface area contributed by atoms with Crippen LogP contribution in [-0.2, 0) is 19.9 Å². The highest BCUT2D eigenvalue weighted by Crippen LogP contribution is 2.28. The van der Waals surface area contributed by atoms with Gasteiger partial charge in [-0.3, -0.25) is 9.78 Å². The number of rotatable bonds is 6. The third kappa shape index (κ3) is 4.88. The zero-order chi connectivity index (χ0) is 22.7. The molecule has 1 aromatic carbocycles. The van der Waals surface area contributed by atoms with Gasteiger partial charge in [0.25, 0.3) is 0 Å². The molecule has 4 aromatic rings. The second-order valence-corrected chi connectivity index (χ2v) is 7.65. The molecule has 0 spiro atoms. The number of aryl methyl sites for hydroxylation is 5.